The molecule has 0 N–H and O–H groups in total. The number of ether oxygens (including phenoxy) is 1. The summed E-state index contributed by atoms with van der Waals surface area (Å²) < 4.78 is 10.1. The van der Waals surface area contributed by atoms with E-state index >= 15 is 0 Å². The fourth-order valence-corrected chi connectivity index (χ4v) is 1.14. The van der Waals surface area contributed by atoms with E-state index in [-0.39, 0.29) is 0 Å². The molecule has 4 nitrogen and oxygen atoms in total. The van der Waals surface area contributed by atoms with Gasteiger partial charge in [-0.3, -0.25) is 0 Å². The molecule has 0 bridgehead atoms. The molecule has 4 heteroatoms. The number of hydrogen-bond donors (Lipinski definition) is 0. The number of oxazole rings is 1. The van der Waals surface area contributed by atoms with Gasteiger partial charge in [-0.25, -0.2) is 4.98 Å². The number of benzene rings is 1. The molecule has 0 unspecified atom stereocenters. The van der Waals surface area contributed by atoms with Crippen LogP contribution in [0.5, 0.6) is 5.75 Å². The third-order valence-corrected chi connectivity index (χ3v) is 1.77. The van der Waals surface area contributed by atoms with Crippen molar-refractivity contribution in [1.82, 2.24) is 4.98 Å². The molecule has 0 amide bonds. The highest BCUT2D eigenvalue weighted by atomic mass is 16.5. The zero-order valence-corrected chi connectivity index (χ0v) is 6.94. The van der Waals surface area contributed by atoms with Crippen molar-refractivity contribution in [2.75, 3.05) is 7.11 Å². The van der Waals surface area contributed by atoms with E-state index in [4.69, 9.17) is 14.4 Å². The van der Waals surface area contributed by atoms with E-state index in [2.05, 4.69) is 4.98 Å². The standard InChI is InChI=1S/C9H6N2O2/c1-12-8-3-9-7(11-5-13-9)2-6(8)4-10/h2-3,5H,1H3. The van der Waals surface area contributed by atoms with Crippen molar-refractivity contribution in [2.24, 2.45) is 0 Å². The van der Waals surface area contributed by atoms with Crippen LogP contribution in [0.4, 0.5) is 0 Å². The highest BCUT2D eigenvalue weighted by Crippen LogP contribution is 2.24. The Morgan fingerprint density at radius 3 is 3.08 bits per heavy atom. The monoisotopic (exact) mass is 174 g/mol. The summed E-state index contributed by atoms with van der Waals surface area (Å²) in [5, 5.41) is 8.76. The molecule has 1 aromatic heterocycles. The van der Waals surface area contributed by atoms with Gasteiger partial charge >= 0.3 is 0 Å². The number of methoxy groups -OCH3 is 1. The molecule has 0 atom stereocenters. The average Bonchev–Trinajstić information content (AvgIpc) is 2.62. The van der Waals surface area contributed by atoms with Crippen molar-refractivity contribution >= 4 is 11.1 Å². The first-order chi connectivity index (χ1) is 6.35. The highest BCUT2D eigenvalue weighted by Gasteiger charge is 2.06. The fourth-order valence-electron chi connectivity index (χ4n) is 1.14. The van der Waals surface area contributed by atoms with Gasteiger partial charge in [-0.05, 0) is 6.07 Å². The van der Waals surface area contributed by atoms with Crippen LogP contribution in [0.1, 0.15) is 5.56 Å². The number of rotatable bonds is 1. The van der Waals surface area contributed by atoms with Crippen molar-refractivity contribution in [1.29, 1.82) is 5.26 Å². The molecule has 0 aliphatic rings. The molecule has 0 aliphatic carbocycles. The van der Waals surface area contributed by atoms with E-state index in [9.17, 15) is 0 Å². The molecule has 0 spiro atoms. The Hall–Kier alpha value is -2.02. The topological polar surface area (TPSA) is 59.1 Å². The van der Waals surface area contributed by atoms with Gasteiger partial charge in [0.2, 0.25) is 0 Å². The predicted molar refractivity (Wildman–Crippen MR) is 45.3 cm³/mol. The second kappa shape index (κ2) is 2.79. The maximum atomic E-state index is 8.76. The third-order valence-electron chi connectivity index (χ3n) is 1.77. The van der Waals surface area contributed by atoms with E-state index in [1.165, 1.54) is 13.5 Å². The van der Waals surface area contributed by atoms with Gasteiger partial charge in [-0.15, -0.1) is 0 Å². The SMILES string of the molecule is COc1cc2ocnc2cc1C#N. The van der Waals surface area contributed by atoms with Crippen molar-refractivity contribution in [2.45, 2.75) is 0 Å². The first-order valence-electron chi connectivity index (χ1n) is 3.66. The van der Waals surface area contributed by atoms with E-state index in [1.807, 2.05) is 6.07 Å². The summed E-state index contributed by atoms with van der Waals surface area (Å²) in [6.07, 6.45) is 1.34. The van der Waals surface area contributed by atoms with Gasteiger partial charge in [-0.2, -0.15) is 5.26 Å². The lowest BCUT2D eigenvalue weighted by molar-refractivity contribution is 0.413. The van der Waals surface area contributed by atoms with Crippen LogP contribution < -0.4 is 4.74 Å². The Bertz CT molecular complexity index is 482. The molecule has 2 rings (SSSR count). The summed E-state index contributed by atoms with van der Waals surface area (Å²) in [6.45, 7) is 0. The van der Waals surface area contributed by atoms with Crippen LogP contribution >= 0.6 is 0 Å². The van der Waals surface area contributed by atoms with Crippen LogP contribution in [0.25, 0.3) is 11.1 Å². The average molecular weight is 174 g/mol. The third kappa shape index (κ3) is 1.11. The van der Waals surface area contributed by atoms with Crippen LogP contribution in [0.2, 0.25) is 0 Å². The summed E-state index contributed by atoms with van der Waals surface area (Å²) in [5.41, 5.74) is 1.75. The lowest BCUT2D eigenvalue weighted by Gasteiger charge is -2.00. The van der Waals surface area contributed by atoms with Crippen molar-refractivity contribution in [3.05, 3.63) is 24.1 Å². The number of nitriles is 1. The maximum absolute atomic E-state index is 8.76. The van der Waals surface area contributed by atoms with Gasteiger partial charge in [0.1, 0.15) is 17.3 Å². The molecule has 2 aromatic rings. The molecular weight excluding hydrogens is 168 g/mol. The van der Waals surface area contributed by atoms with E-state index in [0.29, 0.717) is 22.4 Å². The lowest BCUT2D eigenvalue weighted by Crippen LogP contribution is -1.87. The van der Waals surface area contributed by atoms with Crippen LogP contribution in [-0.2, 0) is 0 Å². The Morgan fingerprint density at radius 2 is 2.38 bits per heavy atom. The molecule has 0 radical (unpaired) electrons. The first kappa shape index (κ1) is 7.62. The molecule has 0 saturated heterocycles. The van der Waals surface area contributed by atoms with Crippen LogP contribution in [0.15, 0.2) is 22.9 Å². The Kier molecular flexibility index (Phi) is 1.64. The number of aromatic nitrogens is 1. The second-order valence-corrected chi connectivity index (χ2v) is 2.48. The number of nitrogens with zero attached hydrogens (tertiary/aromatic N) is 2. The molecular formula is C9H6N2O2. The van der Waals surface area contributed by atoms with Crippen LogP contribution in [0.3, 0.4) is 0 Å². The lowest BCUT2D eigenvalue weighted by atomic mass is 10.2. The van der Waals surface area contributed by atoms with Gasteiger partial charge < -0.3 is 9.15 Å². The Balaban J connectivity index is 2.76. The molecule has 0 aliphatic heterocycles. The fraction of sp³-hybridized carbons (Fsp3) is 0.111. The Morgan fingerprint density at radius 1 is 1.54 bits per heavy atom. The van der Waals surface area contributed by atoms with Crippen molar-refractivity contribution < 1.29 is 9.15 Å². The highest BCUT2D eigenvalue weighted by molar-refractivity contribution is 5.77. The Labute approximate surface area is 74.4 Å². The maximum Gasteiger partial charge on any atom is 0.181 e. The largest absolute Gasteiger partial charge is 0.495 e. The summed E-state index contributed by atoms with van der Waals surface area (Å²) >= 11 is 0. The number of hydrogen-bond acceptors (Lipinski definition) is 4. The minimum absolute atomic E-state index is 0.462. The minimum atomic E-state index is 0.462. The van der Waals surface area contributed by atoms with Crippen LogP contribution in [-0.4, -0.2) is 12.1 Å². The van der Waals surface area contributed by atoms with Crippen LogP contribution in [0, 0.1) is 11.3 Å². The molecule has 0 fully saturated rings. The second-order valence-electron chi connectivity index (χ2n) is 2.48. The van der Waals surface area contributed by atoms with Gasteiger partial charge in [0.15, 0.2) is 12.0 Å². The number of fused-ring (bicyclic) bond motifs is 1. The first-order valence-corrected chi connectivity index (χ1v) is 3.66. The van der Waals surface area contributed by atoms with Gasteiger partial charge in [-0.1, -0.05) is 0 Å². The molecule has 0 saturated carbocycles. The molecule has 64 valence electrons. The van der Waals surface area contributed by atoms with E-state index in [0.717, 1.165) is 0 Å². The summed E-state index contributed by atoms with van der Waals surface area (Å²) in [4.78, 5) is 3.93. The normalized spacial score (nSPS) is 9.85. The van der Waals surface area contributed by atoms with E-state index < -0.39 is 0 Å². The predicted octanol–water partition coefficient (Wildman–Crippen LogP) is 1.71. The smallest absolute Gasteiger partial charge is 0.181 e. The van der Waals surface area contributed by atoms with Gasteiger partial charge in [0, 0.05) is 6.07 Å². The minimum Gasteiger partial charge on any atom is -0.495 e. The molecule has 1 heterocycles. The zero-order valence-electron chi connectivity index (χ0n) is 6.94. The molecule has 1 aromatic carbocycles. The summed E-state index contributed by atoms with van der Waals surface area (Å²) in [7, 11) is 1.51. The molecule has 13 heavy (non-hydrogen) atoms. The van der Waals surface area contributed by atoms with E-state index in [1.54, 1.807) is 12.1 Å². The quantitative estimate of drug-likeness (QED) is 0.660. The van der Waals surface area contributed by atoms with Gasteiger partial charge in [0.25, 0.3) is 0 Å². The van der Waals surface area contributed by atoms with Gasteiger partial charge in [0.05, 0.1) is 12.7 Å². The summed E-state index contributed by atoms with van der Waals surface area (Å²) in [6, 6.07) is 5.31. The van der Waals surface area contributed by atoms with Crippen molar-refractivity contribution in [3.63, 3.8) is 0 Å². The van der Waals surface area contributed by atoms with Crippen molar-refractivity contribution in [3.8, 4) is 11.8 Å². The summed E-state index contributed by atoms with van der Waals surface area (Å²) in [5.74, 6) is 0.506. The zero-order chi connectivity index (χ0) is 9.26.